The minimum absolute atomic E-state index is 0.366. The lowest BCUT2D eigenvalue weighted by Crippen LogP contribution is -2.50. The fourth-order valence-corrected chi connectivity index (χ4v) is 4.51. The van der Waals surface area contributed by atoms with Crippen LogP contribution < -0.4 is 0 Å². The van der Waals surface area contributed by atoms with Crippen molar-refractivity contribution in [1.82, 2.24) is 9.80 Å². The van der Waals surface area contributed by atoms with Gasteiger partial charge >= 0.3 is 5.97 Å². The molecule has 4 unspecified atom stereocenters. The highest BCUT2D eigenvalue weighted by Gasteiger charge is 2.40. The molecule has 0 saturated carbocycles. The molecule has 112 valence electrons. The first-order chi connectivity index (χ1) is 10.2. The number of carboxylic acid groups (broad SMARTS) is 1. The molecule has 4 rings (SSSR count). The van der Waals surface area contributed by atoms with Crippen molar-refractivity contribution in [3.05, 3.63) is 35.4 Å². The Labute approximate surface area is 125 Å². The highest BCUT2D eigenvalue weighted by Crippen LogP contribution is 2.36. The summed E-state index contributed by atoms with van der Waals surface area (Å²) in [6.45, 7) is 5.21. The summed E-state index contributed by atoms with van der Waals surface area (Å²) in [6, 6.07) is 8.64. The number of hydrogen-bond donors (Lipinski definition) is 1. The molecule has 0 amide bonds. The van der Waals surface area contributed by atoms with E-state index in [1.807, 2.05) is 18.2 Å². The van der Waals surface area contributed by atoms with Crippen LogP contribution in [-0.4, -0.2) is 53.1 Å². The van der Waals surface area contributed by atoms with Crippen molar-refractivity contribution in [1.29, 1.82) is 0 Å². The van der Waals surface area contributed by atoms with E-state index in [0.717, 1.165) is 18.0 Å². The van der Waals surface area contributed by atoms with E-state index >= 15 is 0 Å². The molecule has 4 heteroatoms. The Bertz CT molecular complexity index is 559. The van der Waals surface area contributed by atoms with Crippen molar-refractivity contribution < 1.29 is 9.90 Å². The van der Waals surface area contributed by atoms with Crippen LogP contribution in [0.3, 0.4) is 0 Å². The van der Waals surface area contributed by atoms with Crippen LogP contribution in [0.2, 0.25) is 0 Å². The van der Waals surface area contributed by atoms with E-state index < -0.39 is 5.97 Å². The highest BCUT2D eigenvalue weighted by molar-refractivity contribution is 5.77. The Morgan fingerprint density at radius 2 is 1.95 bits per heavy atom. The lowest BCUT2D eigenvalue weighted by Gasteiger charge is -2.43. The van der Waals surface area contributed by atoms with Gasteiger partial charge in [0.25, 0.3) is 0 Å². The van der Waals surface area contributed by atoms with Crippen molar-refractivity contribution in [2.45, 2.75) is 31.3 Å². The van der Waals surface area contributed by atoms with Crippen molar-refractivity contribution >= 4 is 5.97 Å². The number of rotatable bonds is 2. The van der Waals surface area contributed by atoms with E-state index in [1.165, 1.54) is 38.0 Å². The monoisotopic (exact) mass is 286 g/mol. The molecule has 3 heterocycles. The van der Waals surface area contributed by atoms with Gasteiger partial charge in [-0.15, -0.1) is 0 Å². The Kier molecular flexibility index (Phi) is 3.23. The topological polar surface area (TPSA) is 43.8 Å². The largest absolute Gasteiger partial charge is 0.481 e. The van der Waals surface area contributed by atoms with Crippen LogP contribution in [0.1, 0.15) is 29.9 Å². The van der Waals surface area contributed by atoms with Gasteiger partial charge in [-0.3, -0.25) is 9.69 Å². The number of carboxylic acids is 1. The molecule has 21 heavy (non-hydrogen) atoms. The molecule has 1 aromatic carbocycles. The zero-order valence-electron chi connectivity index (χ0n) is 12.2. The van der Waals surface area contributed by atoms with Crippen LogP contribution in [0, 0.1) is 5.92 Å². The standard InChI is InChI=1S/C17H22N2O2/c20-17(21)15-11-19(10-12-3-1-2-4-14(12)15)16-6-8-18-7-5-13(16)9-18/h1-4,13,15-16H,5-11H2,(H,20,21). The van der Waals surface area contributed by atoms with Crippen LogP contribution in [0.5, 0.6) is 0 Å². The third kappa shape index (κ3) is 2.27. The predicted molar refractivity (Wildman–Crippen MR) is 80.2 cm³/mol. The van der Waals surface area contributed by atoms with Crippen LogP contribution in [0.15, 0.2) is 24.3 Å². The van der Waals surface area contributed by atoms with Gasteiger partial charge in [-0.2, -0.15) is 0 Å². The van der Waals surface area contributed by atoms with Gasteiger partial charge in [-0.05, 0) is 43.0 Å². The number of benzene rings is 1. The lowest BCUT2D eigenvalue weighted by molar-refractivity contribution is -0.140. The second-order valence-electron chi connectivity index (χ2n) is 6.72. The molecule has 0 aliphatic carbocycles. The maximum Gasteiger partial charge on any atom is 0.312 e. The molecule has 4 nitrogen and oxygen atoms in total. The van der Waals surface area contributed by atoms with E-state index in [4.69, 9.17) is 0 Å². The molecule has 2 saturated heterocycles. The van der Waals surface area contributed by atoms with Gasteiger partial charge in [-0.1, -0.05) is 24.3 Å². The molecule has 2 fully saturated rings. The van der Waals surface area contributed by atoms with Crippen molar-refractivity contribution in [3.8, 4) is 0 Å². The van der Waals surface area contributed by atoms with E-state index in [0.29, 0.717) is 12.6 Å². The summed E-state index contributed by atoms with van der Waals surface area (Å²) < 4.78 is 0. The Morgan fingerprint density at radius 3 is 2.81 bits per heavy atom. The maximum absolute atomic E-state index is 11.7. The van der Waals surface area contributed by atoms with Crippen LogP contribution in [0.25, 0.3) is 0 Å². The van der Waals surface area contributed by atoms with Gasteiger partial charge < -0.3 is 10.0 Å². The number of nitrogens with zero attached hydrogens (tertiary/aromatic N) is 2. The van der Waals surface area contributed by atoms with Crippen molar-refractivity contribution in [2.75, 3.05) is 26.2 Å². The molecule has 0 radical (unpaired) electrons. The third-order valence-corrected chi connectivity index (χ3v) is 5.58. The highest BCUT2D eigenvalue weighted by atomic mass is 16.4. The molecule has 4 atom stereocenters. The number of aliphatic carboxylic acids is 1. The predicted octanol–water partition coefficient (Wildman–Crippen LogP) is 1.76. The molecule has 1 N–H and O–H groups in total. The zero-order chi connectivity index (χ0) is 14.4. The van der Waals surface area contributed by atoms with Crippen molar-refractivity contribution in [3.63, 3.8) is 0 Å². The average molecular weight is 286 g/mol. The van der Waals surface area contributed by atoms with Crippen LogP contribution >= 0.6 is 0 Å². The fourth-order valence-electron chi connectivity index (χ4n) is 4.51. The molecule has 3 aliphatic rings. The summed E-state index contributed by atoms with van der Waals surface area (Å²) in [4.78, 5) is 16.7. The first-order valence-electron chi connectivity index (χ1n) is 7.99. The molecule has 2 bridgehead atoms. The number of piperidine rings is 1. The van der Waals surface area contributed by atoms with Crippen molar-refractivity contribution in [2.24, 2.45) is 5.92 Å². The van der Waals surface area contributed by atoms with E-state index in [9.17, 15) is 9.90 Å². The average Bonchev–Trinajstić information content (AvgIpc) is 2.87. The summed E-state index contributed by atoms with van der Waals surface area (Å²) in [6.07, 6.45) is 2.47. The van der Waals surface area contributed by atoms with E-state index in [-0.39, 0.29) is 5.92 Å². The first kappa shape index (κ1) is 13.3. The van der Waals surface area contributed by atoms with Gasteiger partial charge in [0.05, 0.1) is 5.92 Å². The van der Waals surface area contributed by atoms with E-state index in [2.05, 4.69) is 15.9 Å². The summed E-state index contributed by atoms with van der Waals surface area (Å²) in [5, 5.41) is 9.60. The Balaban J connectivity index is 1.62. The lowest BCUT2D eigenvalue weighted by atomic mass is 9.85. The first-order valence-corrected chi connectivity index (χ1v) is 7.99. The van der Waals surface area contributed by atoms with E-state index in [1.54, 1.807) is 0 Å². The van der Waals surface area contributed by atoms with Gasteiger partial charge in [0.1, 0.15) is 0 Å². The quantitative estimate of drug-likeness (QED) is 0.900. The summed E-state index contributed by atoms with van der Waals surface area (Å²) in [5.41, 5.74) is 2.22. The molecular formula is C17H22N2O2. The smallest absolute Gasteiger partial charge is 0.312 e. The normalized spacial score (nSPS) is 35.4. The second kappa shape index (κ2) is 5.11. The van der Waals surface area contributed by atoms with Gasteiger partial charge in [0, 0.05) is 25.7 Å². The van der Waals surface area contributed by atoms with Crippen LogP contribution in [0.4, 0.5) is 0 Å². The SMILES string of the molecule is O=C(O)C1CN(C2CCN3CCC2C3)Cc2ccccc21. The fraction of sp³-hybridized carbons (Fsp3) is 0.588. The summed E-state index contributed by atoms with van der Waals surface area (Å²) in [5.74, 6) is -0.316. The minimum atomic E-state index is -0.684. The number of carbonyl (C=O) groups is 1. The minimum Gasteiger partial charge on any atom is -0.481 e. The zero-order valence-corrected chi connectivity index (χ0v) is 12.2. The molecule has 1 aromatic rings. The van der Waals surface area contributed by atoms with Gasteiger partial charge in [0.15, 0.2) is 0 Å². The molecular weight excluding hydrogens is 264 g/mol. The number of fused-ring (bicyclic) bond motifs is 3. The molecule has 3 aliphatic heterocycles. The third-order valence-electron chi connectivity index (χ3n) is 5.58. The summed E-state index contributed by atoms with van der Waals surface area (Å²) in [7, 11) is 0. The molecule has 0 spiro atoms. The summed E-state index contributed by atoms with van der Waals surface area (Å²) >= 11 is 0. The van der Waals surface area contributed by atoms with Gasteiger partial charge in [-0.25, -0.2) is 0 Å². The second-order valence-corrected chi connectivity index (χ2v) is 6.72. The van der Waals surface area contributed by atoms with Crippen LogP contribution in [-0.2, 0) is 11.3 Å². The number of hydrogen-bond acceptors (Lipinski definition) is 3. The Hall–Kier alpha value is -1.39. The van der Waals surface area contributed by atoms with Gasteiger partial charge in [0.2, 0.25) is 0 Å². The maximum atomic E-state index is 11.7. The Morgan fingerprint density at radius 1 is 1.14 bits per heavy atom. The molecule has 0 aromatic heterocycles.